The third kappa shape index (κ3) is 3.53. The lowest BCUT2D eigenvalue weighted by Gasteiger charge is -2.13. The summed E-state index contributed by atoms with van der Waals surface area (Å²) in [6.07, 6.45) is 0.614. The van der Waals surface area contributed by atoms with Gasteiger partial charge in [-0.2, -0.15) is 0 Å². The second kappa shape index (κ2) is 6.65. The molecule has 0 aliphatic rings. The summed E-state index contributed by atoms with van der Waals surface area (Å²) in [4.78, 5) is 22.8. The van der Waals surface area contributed by atoms with Crippen LogP contribution in [-0.4, -0.2) is 33.8 Å². The van der Waals surface area contributed by atoms with Gasteiger partial charge in [0.15, 0.2) is 11.5 Å². The third-order valence-corrected chi connectivity index (χ3v) is 2.53. The summed E-state index contributed by atoms with van der Waals surface area (Å²) in [7, 11) is 0. The summed E-state index contributed by atoms with van der Waals surface area (Å²) >= 11 is 0. The molecule has 1 amide bonds. The van der Waals surface area contributed by atoms with E-state index in [1.807, 2.05) is 6.92 Å². The van der Waals surface area contributed by atoms with Crippen LogP contribution in [-0.2, 0) is 16.1 Å². The zero-order valence-corrected chi connectivity index (χ0v) is 11.3. The molecule has 1 aromatic rings. The zero-order valence-electron chi connectivity index (χ0n) is 11.3. The largest absolute Gasteiger partial charge is 0.504 e. The van der Waals surface area contributed by atoms with Gasteiger partial charge in [-0.1, -0.05) is 6.92 Å². The van der Waals surface area contributed by atoms with E-state index < -0.39 is 23.2 Å². The molecule has 7 heteroatoms. The minimum Gasteiger partial charge on any atom is -0.504 e. The Labute approximate surface area is 115 Å². The molecule has 4 N–H and O–H groups in total. The monoisotopic (exact) mass is 283 g/mol. The maximum atomic E-state index is 11.8. The minimum absolute atomic E-state index is 0.0170. The molecule has 7 nitrogen and oxygen atoms in total. The molecule has 1 aromatic carbocycles. The van der Waals surface area contributed by atoms with Crippen LogP contribution < -0.4 is 5.32 Å². The van der Waals surface area contributed by atoms with Crippen molar-refractivity contribution in [2.45, 2.75) is 26.8 Å². The number of esters is 1. The van der Waals surface area contributed by atoms with Crippen LogP contribution in [0.5, 0.6) is 17.2 Å². The third-order valence-electron chi connectivity index (χ3n) is 2.53. The number of rotatable bonds is 5. The van der Waals surface area contributed by atoms with Crippen molar-refractivity contribution in [2.24, 2.45) is 0 Å². The number of carbonyl (C=O) groups excluding carboxylic acids is 2. The maximum Gasteiger partial charge on any atom is 0.338 e. The first-order valence-corrected chi connectivity index (χ1v) is 6.06. The SMILES string of the molecule is CCCOC(=O)c1cc(O)c(O)c(O)c1CNC(C)=O. The fourth-order valence-corrected chi connectivity index (χ4v) is 1.53. The molecule has 0 bridgehead atoms. The molecule has 0 spiro atoms. The van der Waals surface area contributed by atoms with Gasteiger partial charge in [-0.25, -0.2) is 4.79 Å². The standard InChI is InChI=1S/C13H17NO6/c1-3-4-20-13(19)8-5-10(16)12(18)11(17)9(8)6-14-7(2)15/h5,16-18H,3-4,6H2,1-2H3,(H,14,15). The highest BCUT2D eigenvalue weighted by atomic mass is 16.5. The lowest BCUT2D eigenvalue weighted by atomic mass is 10.0. The molecule has 20 heavy (non-hydrogen) atoms. The Bertz CT molecular complexity index is 526. The van der Waals surface area contributed by atoms with Crippen molar-refractivity contribution in [3.05, 3.63) is 17.2 Å². The van der Waals surface area contributed by atoms with Gasteiger partial charge in [0.2, 0.25) is 11.7 Å². The molecular formula is C13H17NO6. The maximum absolute atomic E-state index is 11.8. The number of amides is 1. The van der Waals surface area contributed by atoms with Gasteiger partial charge in [0.05, 0.1) is 12.2 Å². The van der Waals surface area contributed by atoms with E-state index in [0.29, 0.717) is 6.42 Å². The predicted octanol–water partition coefficient (Wildman–Crippen LogP) is 1.01. The van der Waals surface area contributed by atoms with Crippen LogP contribution in [0, 0.1) is 0 Å². The Morgan fingerprint density at radius 3 is 2.45 bits per heavy atom. The number of carbonyl (C=O) groups is 2. The molecule has 0 fully saturated rings. The second-order valence-electron chi connectivity index (χ2n) is 4.16. The molecule has 0 saturated carbocycles. The number of hydrogen-bond acceptors (Lipinski definition) is 6. The Morgan fingerprint density at radius 2 is 1.90 bits per heavy atom. The van der Waals surface area contributed by atoms with E-state index >= 15 is 0 Å². The van der Waals surface area contributed by atoms with E-state index in [-0.39, 0.29) is 30.2 Å². The van der Waals surface area contributed by atoms with Crippen molar-refractivity contribution in [1.82, 2.24) is 5.32 Å². The number of benzene rings is 1. The van der Waals surface area contributed by atoms with Crippen molar-refractivity contribution in [1.29, 1.82) is 0 Å². The quantitative estimate of drug-likeness (QED) is 0.473. The van der Waals surface area contributed by atoms with Crippen LogP contribution in [0.1, 0.15) is 36.2 Å². The van der Waals surface area contributed by atoms with Gasteiger partial charge in [0, 0.05) is 19.0 Å². The Kier molecular flexibility index (Phi) is 5.19. The molecular weight excluding hydrogens is 266 g/mol. The topological polar surface area (TPSA) is 116 Å². The lowest BCUT2D eigenvalue weighted by molar-refractivity contribution is -0.119. The number of nitrogens with one attached hydrogen (secondary N) is 1. The molecule has 0 aliphatic carbocycles. The van der Waals surface area contributed by atoms with E-state index in [1.54, 1.807) is 0 Å². The molecule has 0 heterocycles. The van der Waals surface area contributed by atoms with E-state index in [2.05, 4.69) is 5.32 Å². The van der Waals surface area contributed by atoms with Gasteiger partial charge in [-0.15, -0.1) is 0 Å². The van der Waals surface area contributed by atoms with Crippen molar-refractivity contribution in [3.8, 4) is 17.2 Å². The number of phenolic OH excluding ortho intramolecular Hbond substituents is 3. The Hall–Kier alpha value is -2.44. The first kappa shape index (κ1) is 15.6. The number of phenols is 3. The highest BCUT2D eigenvalue weighted by molar-refractivity contribution is 5.93. The van der Waals surface area contributed by atoms with Crippen molar-refractivity contribution >= 4 is 11.9 Å². The molecule has 0 aromatic heterocycles. The molecule has 0 aliphatic heterocycles. The van der Waals surface area contributed by atoms with Crippen LogP contribution in [0.3, 0.4) is 0 Å². The number of aromatic hydroxyl groups is 3. The minimum atomic E-state index is -0.752. The molecule has 0 radical (unpaired) electrons. The zero-order chi connectivity index (χ0) is 15.3. The van der Waals surface area contributed by atoms with Crippen LogP contribution in [0.2, 0.25) is 0 Å². The fourth-order valence-electron chi connectivity index (χ4n) is 1.53. The Balaban J connectivity index is 3.18. The normalized spacial score (nSPS) is 10.1. The average Bonchev–Trinajstić information content (AvgIpc) is 2.40. The Morgan fingerprint density at radius 1 is 1.25 bits per heavy atom. The molecule has 110 valence electrons. The van der Waals surface area contributed by atoms with Gasteiger partial charge in [0.1, 0.15) is 0 Å². The van der Waals surface area contributed by atoms with Crippen molar-refractivity contribution in [3.63, 3.8) is 0 Å². The summed E-state index contributed by atoms with van der Waals surface area (Å²) in [5.74, 6) is -3.18. The summed E-state index contributed by atoms with van der Waals surface area (Å²) in [6, 6.07) is 0.990. The summed E-state index contributed by atoms with van der Waals surface area (Å²) in [5, 5.41) is 31.1. The molecule has 0 atom stereocenters. The van der Waals surface area contributed by atoms with E-state index in [4.69, 9.17) is 4.74 Å². The van der Waals surface area contributed by atoms with Crippen LogP contribution in [0.25, 0.3) is 0 Å². The predicted molar refractivity (Wildman–Crippen MR) is 69.5 cm³/mol. The molecule has 0 unspecified atom stereocenters. The van der Waals surface area contributed by atoms with Crippen LogP contribution in [0.15, 0.2) is 6.07 Å². The second-order valence-corrected chi connectivity index (χ2v) is 4.16. The first-order chi connectivity index (χ1) is 9.38. The van der Waals surface area contributed by atoms with Crippen LogP contribution >= 0.6 is 0 Å². The summed E-state index contributed by atoms with van der Waals surface area (Å²) in [6.45, 7) is 3.09. The summed E-state index contributed by atoms with van der Waals surface area (Å²) < 4.78 is 4.92. The average molecular weight is 283 g/mol. The highest BCUT2D eigenvalue weighted by Crippen LogP contribution is 2.39. The van der Waals surface area contributed by atoms with Gasteiger partial charge in [0.25, 0.3) is 0 Å². The van der Waals surface area contributed by atoms with Gasteiger partial charge in [-0.05, 0) is 12.5 Å². The van der Waals surface area contributed by atoms with Gasteiger partial charge >= 0.3 is 5.97 Å². The fraction of sp³-hybridized carbons (Fsp3) is 0.385. The van der Waals surface area contributed by atoms with Crippen molar-refractivity contribution < 1.29 is 29.6 Å². The van der Waals surface area contributed by atoms with Crippen LogP contribution in [0.4, 0.5) is 0 Å². The lowest BCUT2D eigenvalue weighted by Crippen LogP contribution is -2.21. The first-order valence-electron chi connectivity index (χ1n) is 6.06. The number of ether oxygens (including phenoxy) is 1. The van der Waals surface area contributed by atoms with E-state index in [9.17, 15) is 24.9 Å². The number of hydrogen-bond donors (Lipinski definition) is 4. The molecule has 1 rings (SSSR count). The van der Waals surface area contributed by atoms with E-state index in [1.165, 1.54) is 6.92 Å². The van der Waals surface area contributed by atoms with E-state index in [0.717, 1.165) is 6.07 Å². The van der Waals surface area contributed by atoms with Crippen molar-refractivity contribution in [2.75, 3.05) is 6.61 Å². The summed E-state index contributed by atoms with van der Waals surface area (Å²) in [5.41, 5.74) is -0.128. The van der Waals surface area contributed by atoms with Gasteiger partial charge in [-0.3, -0.25) is 4.79 Å². The van der Waals surface area contributed by atoms with Gasteiger partial charge < -0.3 is 25.4 Å². The highest BCUT2D eigenvalue weighted by Gasteiger charge is 2.22. The smallest absolute Gasteiger partial charge is 0.338 e. The molecule has 0 saturated heterocycles.